The summed E-state index contributed by atoms with van der Waals surface area (Å²) in [7, 11) is 1.54. The minimum atomic E-state index is -0.125. The molecule has 0 aliphatic heterocycles. The molecule has 1 aromatic heterocycles. The summed E-state index contributed by atoms with van der Waals surface area (Å²) in [6, 6.07) is 8.61. The molecule has 0 aliphatic rings. The van der Waals surface area contributed by atoms with Crippen LogP contribution in [0.3, 0.4) is 0 Å². The number of benzene rings is 1. The van der Waals surface area contributed by atoms with Crippen LogP contribution in [0.15, 0.2) is 41.6 Å². The van der Waals surface area contributed by atoms with Crippen molar-refractivity contribution >= 4 is 46.6 Å². The second-order valence-electron chi connectivity index (χ2n) is 4.28. The first-order chi connectivity index (χ1) is 10.6. The van der Waals surface area contributed by atoms with Crippen LogP contribution in [-0.2, 0) is 4.79 Å². The van der Waals surface area contributed by atoms with Crippen molar-refractivity contribution in [1.29, 1.82) is 0 Å². The number of halogens is 2. The molecule has 7 heteroatoms. The van der Waals surface area contributed by atoms with E-state index in [4.69, 9.17) is 27.9 Å². The van der Waals surface area contributed by atoms with Crippen LogP contribution in [0.5, 0.6) is 5.75 Å². The summed E-state index contributed by atoms with van der Waals surface area (Å²) in [4.78, 5) is 16.2. The van der Waals surface area contributed by atoms with Crippen LogP contribution in [-0.4, -0.2) is 23.8 Å². The number of rotatable bonds is 6. The molecule has 0 bridgehead atoms. The third-order valence-electron chi connectivity index (χ3n) is 2.73. The van der Waals surface area contributed by atoms with E-state index in [2.05, 4.69) is 10.3 Å². The smallest absolute Gasteiger partial charge is 0.225 e. The molecule has 0 unspecified atom stereocenters. The van der Waals surface area contributed by atoms with Crippen molar-refractivity contribution < 1.29 is 9.53 Å². The van der Waals surface area contributed by atoms with E-state index in [1.165, 1.54) is 18.9 Å². The first-order valence-electron chi connectivity index (χ1n) is 6.47. The number of thioether (sulfide) groups is 1. The van der Waals surface area contributed by atoms with Gasteiger partial charge in [-0.05, 0) is 30.3 Å². The fraction of sp³-hybridized carbons (Fsp3) is 0.200. The van der Waals surface area contributed by atoms with Gasteiger partial charge in [0.2, 0.25) is 5.91 Å². The zero-order valence-corrected chi connectivity index (χ0v) is 14.1. The quantitative estimate of drug-likeness (QED) is 0.773. The van der Waals surface area contributed by atoms with Gasteiger partial charge < -0.3 is 10.1 Å². The van der Waals surface area contributed by atoms with E-state index in [9.17, 15) is 4.79 Å². The summed E-state index contributed by atoms with van der Waals surface area (Å²) < 4.78 is 5.18. The van der Waals surface area contributed by atoms with Crippen molar-refractivity contribution in [2.24, 2.45) is 0 Å². The highest BCUT2D eigenvalue weighted by atomic mass is 35.5. The third-order valence-corrected chi connectivity index (χ3v) is 4.39. The van der Waals surface area contributed by atoms with E-state index in [0.29, 0.717) is 33.7 Å². The molecule has 1 heterocycles. The molecule has 0 atom stereocenters. The number of ether oxygens (including phenoxy) is 1. The molecule has 0 saturated heterocycles. The van der Waals surface area contributed by atoms with Crippen molar-refractivity contribution in [3.05, 3.63) is 46.6 Å². The highest BCUT2D eigenvalue weighted by Gasteiger charge is 2.09. The number of amides is 1. The Balaban J connectivity index is 1.88. The Morgan fingerprint density at radius 2 is 2.18 bits per heavy atom. The summed E-state index contributed by atoms with van der Waals surface area (Å²) in [5.74, 6) is 1.02. The van der Waals surface area contributed by atoms with E-state index in [1.54, 1.807) is 36.5 Å². The topological polar surface area (TPSA) is 51.2 Å². The number of carbonyl (C=O) groups excluding carboxylic acids is 1. The second kappa shape index (κ2) is 8.27. The summed E-state index contributed by atoms with van der Waals surface area (Å²) in [5.41, 5.74) is 0.556. The standard InChI is InChI=1S/C15H14Cl2N2O2S/c1-21-13-5-4-10(16)9-12(13)19-14(20)6-8-22-15-11(17)3-2-7-18-15/h2-5,7,9H,6,8H2,1H3,(H,19,20). The predicted molar refractivity (Wildman–Crippen MR) is 91.2 cm³/mol. The number of hydrogen-bond donors (Lipinski definition) is 1. The molecule has 1 N–H and O–H groups in total. The lowest BCUT2D eigenvalue weighted by molar-refractivity contribution is -0.115. The molecular weight excluding hydrogens is 343 g/mol. The average molecular weight is 357 g/mol. The number of carbonyl (C=O) groups is 1. The van der Waals surface area contributed by atoms with E-state index in [-0.39, 0.29) is 5.91 Å². The molecule has 0 saturated carbocycles. The normalized spacial score (nSPS) is 10.3. The lowest BCUT2D eigenvalue weighted by atomic mass is 10.3. The van der Waals surface area contributed by atoms with Crippen LogP contribution in [0.4, 0.5) is 5.69 Å². The molecule has 0 spiro atoms. The SMILES string of the molecule is COc1ccc(Cl)cc1NC(=O)CCSc1ncccc1Cl. The first-order valence-corrected chi connectivity index (χ1v) is 8.21. The molecule has 1 aromatic carbocycles. The molecule has 0 aliphatic carbocycles. The minimum Gasteiger partial charge on any atom is -0.495 e. The Bertz CT molecular complexity index is 668. The predicted octanol–water partition coefficient (Wildman–Crippen LogP) is 4.52. The number of hydrogen-bond acceptors (Lipinski definition) is 4. The molecule has 0 radical (unpaired) electrons. The number of anilines is 1. The van der Waals surface area contributed by atoms with Crippen molar-refractivity contribution in [3.8, 4) is 5.75 Å². The van der Waals surface area contributed by atoms with Gasteiger partial charge in [0.15, 0.2) is 0 Å². The zero-order valence-electron chi connectivity index (χ0n) is 11.8. The van der Waals surface area contributed by atoms with Gasteiger partial charge >= 0.3 is 0 Å². The number of aromatic nitrogens is 1. The lowest BCUT2D eigenvalue weighted by Gasteiger charge is -2.10. The molecule has 22 heavy (non-hydrogen) atoms. The minimum absolute atomic E-state index is 0.125. The molecule has 4 nitrogen and oxygen atoms in total. The number of pyridine rings is 1. The summed E-state index contributed by atoms with van der Waals surface area (Å²) in [6.45, 7) is 0. The number of nitrogens with one attached hydrogen (secondary N) is 1. The number of methoxy groups -OCH3 is 1. The maximum absolute atomic E-state index is 12.0. The zero-order chi connectivity index (χ0) is 15.9. The molecular formula is C15H14Cl2N2O2S. The van der Waals surface area contributed by atoms with Gasteiger partial charge in [-0.2, -0.15) is 0 Å². The molecule has 116 valence electrons. The van der Waals surface area contributed by atoms with Crippen molar-refractivity contribution in [2.45, 2.75) is 11.4 Å². The Morgan fingerprint density at radius 3 is 2.91 bits per heavy atom. The van der Waals surface area contributed by atoms with Gasteiger partial charge in [0.05, 0.1) is 17.8 Å². The molecule has 2 aromatic rings. The highest BCUT2D eigenvalue weighted by Crippen LogP contribution is 2.28. The van der Waals surface area contributed by atoms with Crippen LogP contribution in [0.25, 0.3) is 0 Å². The fourth-order valence-corrected chi connectivity index (χ4v) is 2.99. The van der Waals surface area contributed by atoms with Crippen molar-refractivity contribution in [3.63, 3.8) is 0 Å². The van der Waals surface area contributed by atoms with Crippen LogP contribution in [0.1, 0.15) is 6.42 Å². The maximum Gasteiger partial charge on any atom is 0.225 e. The maximum atomic E-state index is 12.0. The van der Waals surface area contributed by atoms with Crippen molar-refractivity contribution in [1.82, 2.24) is 4.98 Å². The van der Waals surface area contributed by atoms with Crippen LogP contribution in [0, 0.1) is 0 Å². The fourth-order valence-electron chi connectivity index (χ4n) is 1.71. The van der Waals surface area contributed by atoms with Gasteiger partial charge in [0.25, 0.3) is 0 Å². The molecule has 0 fully saturated rings. The van der Waals surface area contributed by atoms with Crippen LogP contribution >= 0.6 is 35.0 Å². The molecule has 2 rings (SSSR count). The van der Waals surface area contributed by atoms with Crippen LogP contribution in [0.2, 0.25) is 10.0 Å². The van der Waals surface area contributed by atoms with Gasteiger partial charge in [-0.15, -0.1) is 11.8 Å². The Labute approximate surface area is 143 Å². The average Bonchev–Trinajstić information content (AvgIpc) is 2.49. The summed E-state index contributed by atoms with van der Waals surface area (Å²) >= 11 is 13.4. The van der Waals surface area contributed by atoms with Gasteiger partial charge in [0, 0.05) is 23.4 Å². The second-order valence-corrected chi connectivity index (χ2v) is 6.21. The van der Waals surface area contributed by atoms with Gasteiger partial charge in [0.1, 0.15) is 10.8 Å². The summed E-state index contributed by atoms with van der Waals surface area (Å²) in [6.07, 6.45) is 2.00. The number of nitrogens with zero attached hydrogens (tertiary/aromatic N) is 1. The van der Waals surface area contributed by atoms with Gasteiger partial charge in [-0.25, -0.2) is 4.98 Å². The largest absolute Gasteiger partial charge is 0.495 e. The third kappa shape index (κ3) is 4.80. The lowest BCUT2D eigenvalue weighted by Crippen LogP contribution is -2.13. The Kier molecular flexibility index (Phi) is 6.36. The van der Waals surface area contributed by atoms with Crippen LogP contribution < -0.4 is 10.1 Å². The van der Waals surface area contributed by atoms with E-state index in [0.717, 1.165) is 5.03 Å². The van der Waals surface area contributed by atoms with Gasteiger partial charge in [-0.3, -0.25) is 4.79 Å². The van der Waals surface area contributed by atoms with E-state index >= 15 is 0 Å². The Morgan fingerprint density at radius 1 is 1.36 bits per heavy atom. The van der Waals surface area contributed by atoms with E-state index < -0.39 is 0 Å². The Hall–Kier alpha value is -1.43. The van der Waals surface area contributed by atoms with Crippen molar-refractivity contribution in [2.75, 3.05) is 18.2 Å². The van der Waals surface area contributed by atoms with Gasteiger partial charge in [-0.1, -0.05) is 23.2 Å². The molecule has 1 amide bonds. The summed E-state index contributed by atoms with van der Waals surface area (Å²) in [5, 5.41) is 4.63. The first kappa shape index (κ1) is 16.9. The monoisotopic (exact) mass is 356 g/mol. The highest BCUT2D eigenvalue weighted by molar-refractivity contribution is 7.99. The van der Waals surface area contributed by atoms with E-state index in [1.807, 2.05) is 0 Å².